The van der Waals surface area contributed by atoms with Crippen molar-refractivity contribution in [3.05, 3.63) is 65.9 Å². The van der Waals surface area contributed by atoms with Crippen LogP contribution in [0.15, 0.2) is 63.9 Å². The number of hydrogen-bond donors (Lipinski definition) is 0. The fourth-order valence-electron chi connectivity index (χ4n) is 3.48. The van der Waals surface area contributed by atoms with Crippen molar-refractivity contribution in [1.82, 2.24) is 20.0 Å². The van der Waals surface area contributed by atoms with Gasteiger partial charge in [0.25, 0.3) is 5.89 Å². The summed E-state index contributed by atoms with van der Waals surface area (Å²) in [6.45, 7) is 4.13. The van der Waals surface area contributed by atoms with Gasteiger partial charge in [0.05, 0.1) is 10.6 Å². The van der Waals surface area contributed by atoms with Crippen LogP contribution in [-0.2, 0) is 14.6 Å². The van der Waals surface area contributed by atoms with Crippen LogP contribution in [0, 0.1) is 0 Å². The number of esters is 1. The molecule has 2 aromatic carbocycles. The van der Waals surface area contributed by atoms with Crippen molar-refractivity contribution in [3.63, 3.8) is 0 Å². The molecule has 0 bridgehead atoms. The number of carbonyl (C=O) groups excluding carboxylic acids is 1. The second-order valence-corrected chi connectivity index (χ2v) is 10.9. The average molecular weight is 513 g/mol. The molecule has 0 saturated carbocycles. The largest absolute Gasteiger partial charge is 0.450 e. The molecule has 0 atom stereocenters. The van der Waals surface area contributed by atoms with Crippen molar-refractivity contribution in [3.8, 4) is 28.7 Å². The summed E-state index contributed by atoms with van der Waals surface area (Å²) in [7, 11) is -3.41. The number of ether oxygens (including phenoxy) is 1. The number of aromatic nitrogens is 4. The molecule has 9 nitrogen and oxygen atoms in total. The van der Waals surface area contributed by atoms with Crippen molar-refractivity contribution < 1.29 is 22.4 Å². The van der Waals surface area contributed by atoms with Gasteiger partial charge in [-0.3, -0.25) is 0 Å². The molecular formula is C24H24N4O5S2. The van der Waals surface area contributed by atoms with E-state index in [0.717, 1.165) is 17.5 Å². The highest BCUT2D eigenvalue weighted by molar-refractivity contribution is 7.98. The Kier molecular flexibility index (Phi) is 7.08. The summed E-state index contributed by atoms with van der Waals surface area (Å²) in [5.41, 5.74) is 2.75. The number of rotatable bonds is 8. The minimum absolute atomic E-state index is 0.103. The molecule has 0 spiro atoms. The molecule has 0 N–H and O–H groups in total. The van der Waals surface area contributed by atoms with Crippen molar-refractivity contribution in [1.29, 1.82) is 0 Å². The minimum Gasteiger partial charge on any atom is -0.450 e. The summed E-state index contributed by atoms with van der Waals surface area (Å²) in [4.78, 5) is 12.7. The minimum atomic E-state index is -3.41. The monoisotopic (exact) mass is 512 g/mol. The Morgan fingerprint density at radius 2 is 1.83 bits per heavy atom. The van der Waals surface area contributed by atoms with Crippen molar-refractivity contribution in [2.24, 2.45) is 0 Å². The third-order valence-electron chi connectivity index (χ3n) is 5.17. The lowest BCUT2D eigenvalue weighted by molar-refractivity contribution is 0.0572. The zero-order valence-corrected chi connectivity index (χ0v) is 21.3. The normalized spacial score (nSPS) is 11.7. The van der Waals surface area contributed by atoms with Gasteiger partial charge in [0.2, 0.25) is 5.89 Å². The second kappa shape index (κ2) is 10.0. The second-order valence-electron chi connectivity index (χ2n) is 8.09. The molecule has 182 valence electrons. The van der Waals surface area contributed by atoms with E-state index in [1.807, 2.05) is 30.5 Å². The first kappa shape index (κ1) is 24.7. The maximum Gasteiger partial charge on any atom is 0.359 e. The molecule has 0 aliphatic rings. The van der Waals surface area contributed by atoms with Crippen LogP contribution in [0.4, 0.5) is 0 Å². The molecule has 0 unspecified atom stereocenters. The predicted octanol–water partition coefficient (Wildman–Crippen LogP) is 4.59. The molecule has 35 heavy (non-hydrogen) atoms. The third kappa shape index (κ3) is 5.30. The molecule has 0 saturated heterocycles. The Balaban J connectivity index is 1.83. The van der Waals surface area contributed by atoms with Crippen LogP contribution in [0.5, 0.6) is 0 Å². The molecule has 2 aromatic heterocycles. The molecule has 4 aromatic rings. The molecule has 0 amide bonds. The Labute approximate surface area is 207 Å². The maximum atomic E-state index is 12.6. The van der Waals surface area contributed by atoms with Gasteiger partial charge in [0.15, 0.2) is 15.5 Å². The van der Waals surface area contributed by atoms with E-state index in [9.17, 15) is 13.2 Å². The predicted molar refractivity (Wildman–Crippen MR) is 133 cm³/mol. The molecule has 0 fully saturated rings. The Morgan fingerprint density at radius 1 is 1.09 bits per heavy atom. The van der Waals surface area contributed by atoms with E-state index in [4.69, 9.17) is 9.15 Å². The van der Waals surface area contributed by atoms with E-state index in [2.05, 4.69) is 29.1 Å². The number of nitrogens with zero attached hydrogens (tertiary/aromatic N) is 4. The van der Waals surface area contributed by atoms with Gasteiger partial charge in [0.1, 0.15) is 11.6 Å². The van der Waals surface area contributed by atoms with Crippen LogP contribution < -0.4 is 0 Å². The topological polar surface area (TPSA) is 117 Å². The highest BCUT2D eigenvalue weighted by Crippen LogP contribution is 2.30. The van der Waals surface area contributed by atoms with Crippen LogP contribution >= 0.6 is 11.8 Å². The highest BCUT2D eigenvalue weighted by Gasteiger charge is 2.24. The first-order valence-corrected chi connectivity index (χ1v) is 14.0. The van der Waals surface area contributed by atoms with E-state index in [0.29, 0.717) is 11.3 Å². The Hall–Kier alpha value is -3.44. The lowest BCUT2D eigenvalue weighted by atomic mass is 10.0. The average Bonchev–Trinajstić information content (AvgIpc) is 3.50. The SMILES string of the molecule is CSCOC(=O)c1cc(-c2nnc(-c3cccc(S(C)(=O)=O)c3)o2)n(-c2ccccc2C(C)C)n1. The number of hydrogen-bond acceptors (Lipinski definition) is 9. The van der Waals surface area contributed by atoms with Crippen molar-refractivity contribution in [2.75, 3.05) is 18.5 Å². The number of sulfone groups is 1. The molecular weight excluding hydrogens is 488 g/mol. The number of benzene rings is 2. The lowest BCUT2D eigenvalue weighted by Crippen LogP contribution is -2.08. The van der Waals surface area contributed by atoms with Gasteiger partial charge < -0.3 is 9.15 Å². The first-order valence-electron chi connectivity index (χ1n) is 10.7. The van der Waals surface area contributed by atoms with Gasteiger partial charge >= 0.3 is 5.97 Å². The first-order chi connectivity index (χ1) is 16.7. The molecule has 4 rings (SSSR count). The summed E-state index contributed by atoms with van der Waals surface area (Å²) in [5.74, 6) is 0.0843. The Bertz CT molecular complexity index is 1470. The summed E-state index contributed by atoms with van der Waals surface area (Å²) in [6, 6.07) is 15.5. The van der Waals surface area contributed by atoms with Gasteiger partial charge in [-0.1, -0.05) is 38.1 Å². The van der Waals surface area contributed by atoms with Crippen LogP contribution in [0.1, 0.15) is 35.8 Å². The van der Waals surface area contributed by atoms with E-state index in [1.165, 1.54) is 23.9 Å². The molecule has 2 heterocycles. The zero-order valence-electron chi connectivity index (χ0n) is 19.6. The van der Waals surface area contributed by atoms with E-state index in [1.54, 1.807) is 22.9 Å². The van der Waals surface area contributed by atoms with Gasteiger partial charge in [-0.2, -0.15) is 5.10 Å². The van der Waals surface area contributed by atoms with E-state index < -0.39 is 15.8 Å². The molecule has 11 heteroatoms. The number of carbonyl (C=O) groups is 1. The summed E-state index contributed by atoms with van der Waals surface area (Å²) in [5, 5.41) is 12.8. The van der Waals surface area contributed by atoms with Crippen LogP contribution in [0.2, 0.25) is 0 Å². The van der Waals surface area contributed by atoms with Gasteiger partial charge in [-0.15, -0.1) is 22.0 Å². The molecule has 0 aliphatic carbocycles. The number of thioether (sulfide) groups is 1. The van der Waals surface area contributed by atoms with E-state index >= 15 is 0 Å². The van der Waals surface area contributed by atoms with Crippen LogP contribution in [0.3, 0.4) is 0 Å². The fourth-order valence-corrected chi connectivity index (χ4v) is 4.37. The standard InChI is InChI=1S/C24H24N4O5S2/c1-15(2)18-10-5-6-11-20(18)28-21(13-19(27-28)24(29)32-14-34-3)23-26-25-22(33-23)16-8-7-9-17(12-16)35(4,30)31/h5-13,15H,14H2,1-4H3. The van der Waals surface area contributed by atoms with Gasteiger partial charge in [-0.25, -0.2) is 17.9 Å². The van der Waals surface area contributed by atoms with Crippen LogP contribution in [0.25, 0.3) is 28.7 Å². The van der Waals surface area contributed by atoms with Crippen LogP contribution in [-0.4, -0.2) is 52.8 Å². The summed E-state index contributed by atoms with van der Waals surface area (Å²) in [6.07, 6.45) is 2.96. The fraction of sp³-hybridized carbons (Fsp3) is 0.250. The molecule has 0 aliphatic heterocycles. The molecule has 0 radical (unpaired) electrons. The van der Waals surface area contributed by atoms with Crippen molar-refractivity contribution in [2.45, 2.75) is 24.7 Å². The summed E-state index contributed by atoms with van der Waals surface area (Å²) < 4.78 is 36.7. The third-order valence-corrected chi connectivity index (χ3v) is 6.63. The number of para-hydroxylation sites is 1. The maximum absolute atomic E-state index is 12.6. The quantitative estimate of drug-likeness (QED) is 0.247. The van der Waals surface area contributed by atoms with Gasteiger partial charge in [-0.05, 0) is 42.0 Å². The van der Waals surface area contributed by atoms with Crippen molar-refractivity contribution >= 4 is 27.6 Å². The summed E-state index contributed by atoms with van der Waals surface area (Å²) >= 11 is 1.38. The Morgan fingerprint density at radius 3 is 2.54 bits per heavy atom. The lowest BCUT2D eigenvalue weighted by Gasteiger charge is -2.13. The highest BCUT2D eigenvalue weighted by atomic mass is 32.2. The smallest absolute Gasteiger partial charge is 0.359 e. The zero-order chi connectivity index (χ0) is 25.2. The van der Waals surface area contributed by atoms with Gasteiger partial charge in [0, 0.05) is 17.9 Å². The van der Waals surface area contributed by atoms with E-state index in [-0.39, 0.29) is 34.2 Å².